The van der Waals surface area contributed by atoms with Crippen LogP contribution in [0.3, 0.4) is 0 Å². The molecule has 1 aromatic rings. The molecule has 0 fully saturated rings. The normalized spacial score (nSPS) is 12.9. The van der Waals surface area contributed by atoms with E-state index in [4.69, 9.17) is 10.5 Å². The molecule has 1 aromatic heterocycles. The number of aromatic nitrogens is 2. The number of methoxy groups -OCH3 is 1. The Morgan fingerprint density at radius 1 is 1.67 bits per heavy atom. The minimum absolute atomic E-state index is 0.123. The van der Waals surface area contributed by atoms with E-state index in [1.54, 1.807) is 13.3 Å². The second-order valence-electron chi connectivity index (χ2n) is 2.63. The molecule has 1 rings (SSSR count). The van der Waals surface area contributed by atoms with Crippen molar-refractivity contribution in [2.24, 2.45) is 5.73 Å². The molecule has 0 bridgehead atoms. The lowest BCUT2D eigenvalue weighted by atomic mass is 10.3. The van der Waals surface area contributed by atoms with Crippen molar-refractivity contribution >= 4 is 0 Å². The van der Waals surface area contributed by atoms with Crippen LogP contribution in [0.1, 0.15) is 24.5 Å². The van der Waals surface area contributed by atoms with E-state index in [1.165, 1.54) is 0 Å². The summed E-state index contributed by atoms with van der Waals surface area (Å²) in [6, 6.07) is 1.69. The summed E-state index contributed by atoms with van der Waals surface area (Å²) >= 11 is 0. The molecule has 0 aliphatic heterocycles. The zero-order chi connectivity index (χ0) is 8.97. The van der Waals surface area contributed by atoms with Crippen LogP contribution in [0.5, 0.6) is 0 Å². The molecule has 0 aromatic carbocycles. The fraction of sp³-hybridized carbons (Fsp3) is 0.500. The number of hydrogen-bond acceptors (Lipinski definition) is 4. The third kappa shape index (κ3) is 2.25. The summed E-state index contributed by atoms with van der Waals surface area (Å²) in [5.74, 6) is 0.657. The first kappa shape index (κ1) is 9.09. The van der Waals surface area contributed by atoms with Gasteiger partial charge in [-0.3, -0.25) is 0 Å². The first-order valence-corrected chi connectivity index (χ1v) is 3.80. The predicted octanol–water partition coefficient (Wildman–Crippen LogP) is 0.643. The summed E-state index contributed by atoms with van der Waals surface area (Å²) in [5.41, 5.74) is 6.47. The number of nitrogens with zero attached hydrogens (tertiary/aromatic N) is 2. The highest BCUT2D eigenvalue weighted by Gasteiger charge is 2.02. The van der Waals surface area contributed by atoms with Crippen molar-refractivity contribution in [1.82, 2.24) is 9.97 Å². The van der Waals surface area contributed by atoms with Gasteiger partial charge < -0.3 is 10.5 Å². The standard InChI is InChI=1S/C8H13N3O/c1-6(9)8-10-4-3-7(11-8)5-12-2/h3-4,6H,5,9H2,1-2H3. The molecule has 1 atom stereocenters. The Balaban J connectivity index is 2.81. The van der Waals surface area contributed by atoms with Gasteiger partial charge in [-0.15, -0.1) is 0 Å². The van der Waals surface area contributed by atoms with Gasteiger partial charge in [-0.25, -0.2) is 9.97 Å². The molecule has 0 aliphatic rings. The Morgan fingerprint density at radius 3 is 3.00 bits per heavy atom. The lowest BCUT2D eigenvalue weighted by molar-refractivity contribution is 0.181. The van der Waals surface area contributed by atoms with Crippen LogP contribution in [0.4, 0.5) is 0 Å². The van der Waals surface area contributed by atoms with Crippen LogP contribution in [0, 0.1) is 0 Å². The SMILES string of the molecule is COCc1ccnc(C(C)N)n1. The Bertz CT molecular complexity index is 250. The molecule has 4 nitrogen and oxygen atoms in total. The maximum absolute atomic E-state index is 5.61. The van der Waals surface area contributed by atoms with Crippen molar-refractivity contribution in [3.8, 4) is 0 Å². The highest BCUT2D eigenvalue weighted by atomic mass is 16.5. The molecule has 4 heteroatoms. The zero-order valence-corrected chi connectivity index (χ0v) is 7.32. The maximum Gasteiger partial charge on any atom is 0.145 e. The van der Waals surface area contributed by atoms with Crippen molar-refractivity contribution in [2.75, 3.05) is 7.11 Å². The van der Waals surface area contributed by atoms with Crippen molar-refractivity contribution < 1.29 is 4.74 Å². The molecular formula is C8H13N3O. The van der Waals surface area contributed by atoms with Gasteiger partial charge in [0.15, 0.2) is 0 Å². The number of rotatable bonds is 3. The van der Waals surface area contributed by atoms with Crippen molar-refractivity contribution in [1.29, 1.82) is 0 Å². The summed E-state index contributed by atoms with van der Waals surface area (Å²) < 4.78 is 4.93. The predicted molar refractivity (Wildman–Crippen MR) is 45.3 cm³/mol. The largest absolute Gasteiger partial charge is 0.378 e. The lowest BCUT2D eigenvalue weighted by Crippen LogP contribution is -2.11. The summed E-state index contributed by atoms with van der Waals surface area (Å²) in [6.45, 7) is 2.36. The first-order valence-electron chi connectivity index (χ1n) is 3.80. The van der Waals surface area contributed by atoms with Gasteiger partial charge in [0.1, 0.15) is 5.82 Å². The average molecular weight is 167 g/mol. The lowest BCUT2D eigenvalue weighted by Gasteiger charge is -2.04. The molecule has 0 saturated heterocycles. The third-order valence-electron chi connectivity index (χ3n) is 1.43. The van der Waals surface area contributed by atoms with E-state index in [-0.39, 0.29) is 6.04 Å². The first-order chi connectivity index (χ1) is 5.74. The minimum atomic E-state index is -0.123. The topological polar surface area (TPSA) is 61.0 Å². The van der Waals surface area contributed by atoms with Crippen molar-refractivity contribution in [2.45, 2.75) is 19.6 Å². The van der Waals surface area contributed by atoms with Crippen LogP contribution < -0.4 is 5.73 Å². The molecule has 0 radical (unpaired) electrons. The minimum Gasteiger partial charge on any atom is -0.378 e. The van der Waals surface area contributed by atoms with Gasteiger partial charge in [-0.05, 0) is 13.0 Å². The van der Waals surface area contributed by atoms with Gasteiger partial charge in [0.2, 0.25) is 0 Å². The van der Waals surface area contributed by atoms with Crippen molar-refractivity contribution in [3.05, 3.63) is 23.8 Å². The van der Waals surface area contributed by atoms with E-state index in [1.807, 2.05) is 13.0 Å². The van der Waals surface area contributed by atoms with E-state index < -0.39 is 0 Å². The van der Waals surface area contributed by atoms with Gasteiger partial charge in [0.25, 0.3) is 0 Å². The van der Waals surface area contributed by atoms with Gasteiger partial charge >= 0.3 is 0 Å². The fourth-order valence-corrected chi connectivity index (χ4v) is 0.861. The maximum atomic E-state index is 5.61. The molecular weight excluding hydrogens is 154 g/mol. The molecule has 12 heavy (non-hydrogen) atoms. The Morgan fingerprint density at radius 2 is 2.42 bits per heavy atom. The summed E-state index contributed by atoms with van der Waals surface area (Å²) in [7, 11) is 1.63. The van der Waals surface area contributed by atoms with E-state index in [2.05, 4.69) is 9.97 Å². The number of nitrogens with two attached hydrogens (primary N) is 1. The van der Waals surface area contributed by atoms with Gasteiger partial charge in [-0.2, -0.15) is 0 Å². The van der Waals surface area contributed by atoms with E-state index in [0.717, 1.165) is 5.69 Å². The molecule has 0 spiro atoms. The molecule has 1 unspecified atom stereocenters. The number of ether oxygens (including phenoxy) is 1. The van der Waals surface area contributed by atoms with Crippen LogP contribution in [-0.4, -0.2) is 17.1 Å². The second kappa shape index (κ2) is 4.13. The van der Waals surface area contributed by atoms with E-state index >= 15 is 0 Å². The summed E-state index contributed by atoms with van der Waals surface area (Å²) in [5, 5.41) is 0. The Hall–Kier alpha value is -1.00. The smallest absolute Gasteiger partial charge is 0.145 e. The van der Waals surface area contributed by atoms with Crippen molar-refractivity contribution in [3.63, 3.8) is 0 Å². The second-order valence-corrected chi connectivity index (χ2v) is 2.63. The van der Waals surface area contributed by atoms with E-state index in [0.29, 0.717) is 12.4 Å². The van der Waals surface area contributed by atoms with Crippen LogP contribution in [-0.2, 0) is 11.3 Å². The number of hydrogen-bond donors (Lipinski definition) is 1. The Labute approximate surface area is 71.8 Å². The monoisotopic (exact) mass is 167 g/mol. The molecule has 66 valence electrons. The molecule has 0 amide bonds. The van der Waals surface area contributed by atoms with Gasteiger partial charge in [0, 0.05) is 13.3 Å². The molecule has 0 aliphatic carbocycles. The fourth-order valence-electron chi connectivity index (χ4n) is 0.861. The highest BCUT2D eigenvalue weighted by Crippen LogP contribution is 2.03. The van der Waals surface area contributed by atoms with Gasteiger partial charge in [0.05, 0.1) is 18.3 Å². The molecule has 2 N–H and O–H groups in total. The third-order valence-corrected chi connectivity index (χ3v) is 1.43. The van der Waals surface area contributed by atoms with Gasteiger partial charge in [-0.1, -0.05) is 0 Å². The summed E-state index contributed by atoms with van der Waals surface area (Å²) in [4.78, 5) is 8.23. The van der Waals surface area contributed by atoms with Crippen LogP contribution in [0.15, 0.2) is 12.3 Å². The highest BCUT2D eigenvalue weighted by molar-refractivity contribution is 5.03. The van der Waals surface area contributed by atoms with Crippen LogP contribution in [0.2, 0.25) is 0 Å². The zero-order valence-electron chi connectivity index (χ0n) is 7.32. The molecule has 0 saturated carbocycles. The van der Waals surface area contributed by atoms with Crippen LogP contribution >= 0.6 is 0 Å². The van der Waals surface area contributed by atoms with Crippen LogP contribution in [0.25, 0.3) is 0 Å². The van der Waals surface area contributed by atoms with E-state index in [9.17, 15) is 0 Å². The molecule has 1 heterocycles. The quantitative estimate of drug-likeness (QED) is 0.717. The average Bonchev–Trinajstić information content (AvgIpc) is 2.05. The summed E-state index contributed by atoms with van der Waals surface area (Å²) in [6.07, 6.45) is 1.69. The Kier molecular flexibility index (Phi) is 3.13.